The molecule has 0 atom stereocenters. The van der Waals surface area contributed by atoms with Crippen LogP contribution in [-0.2, 0) is 0 Å². The van der Waals surface area contributed by atoms with Gasteiger partial charge in [-0.1, -0.05) is 0 Å². The Kier molecular flexibility index (Phi) is 2.50. The zero-order valence-electron chi connectivity index (χ0n) is 6.69. The van der Waals surface area contributed by atoms with Crippen molar-refractivity contribution in [2.75, 3.05) is 0 Å². The summed E-state index contributed by atoms with van der Waals surface area (Å²) < 4.78 is 0.950. The Bertz CT molecular complexity index is 311. The van der Waals surface area contributed by atoms with Crippen LogP contribution in [0.4, 0.5) is 0 Å². The first-order chi connectivity index (χ1) is 5.04. The van der Waals surface area contributed by atoms with Crippen molar-refractivity contribution >= 4 is 27.3 Å². The molecule has 1 rings (SSSR count). The van der Waals surface area contributed by atoms with Gasteiger partial charge in [0.2, 0.25) is 0 Å². The molecule has 1 aromatic heterocycles. The van der Waals surface area contributed by atoms with E-state index in [9.17, 15) is 4.79 Å². The van der Waals surface area contributed by atoms with E-state index in [0.717, 1.165) is 19.8 Å². The number of halogens is 1. The molecular formula is C8H9BrOS. The smallest absolute Gasteiger partial charge is 0.187 e. The number of rotatable bonds is 0. The molecular weight excluding hydrogens is 224 g/mol. The van der Waals surface area contributed by atoms with Crippen LogP contribution in [-0.4, -0.2) is 0 Å². The van der Waals surface area contributed by atoms with E-state index in [1.807, 2.05) is 20.8 Å². The highest BCUT2D eigenvalue weighted by molar-refractivity contribution is 9.11. The van der Waals surface area contributed by atoms with E-state index < -0.39 is 0 Å². The Morgan fingerprint density at radius 3 is 2.27 bits per heavy atom. The van der Waals surface area contributed by atoms with E-state index in [1.54, 1.807) is 11.3 Å². The summed E-state index contributed by atoms with van der Waals surface area (Å²) in [5.74, 6) is 0. The molecule has 1 nitrogen and oxygen atoms in total. The fraction of sp³-hybridized carbons (Fsp3) is 0.375. The zero-order valence-corrected chi connectivity index (χ0v) is 9.10. The highest BCUT2D eigenvalue weighted by atomic mass is 79.9. The van der Waals surface area contributed by atoms with Crippen molar-refractivity contribution in [3.8, 4) is 0 Å². The summed E-state index contributed by atoms with van der Waals surface area (Å²) >= 11 is 4.97. The molecule has 1 aromatic rings. The lowest BCUT2D eigenvalue weighted by Gasteiger charge is -2.00. The predicted octanol–water partition coefficient (Wildman–Crippen LogP) is 2.80. The summed E-state index contributed by atoms with van der Waals surface area (Å²) in [7, 11) is 0. The van der Waals surface area contributed by atoms with E-state index in [4.69, 9.17) is 0 Å². The first kappa shape index (κ1) is 8.94. The molecule has 0 saturated heterocycles. The van der Waals surface area contributed by atoms with Gasteiger partial charge in [-0.25, -0.2) is 0 Å². The molecule has 0 spiro atoms. The molecule has 0 aliphatic carbocycles. The molecule has 0 saturated carbocycles. The summed E-state index contributed by atoms with van der Waals surface area (Å²) in [4.78, 5) is 12.5. The largest absolute Gasteiger partial charge is 0.289 e. The van der Waals surface area contributed by atoms with Gasteiger partial charge in [-0.2, -0.15) is 0 Å². The maximum Gasteiger partial charge on any atom is 0.187 e. The van der Waals surface area contributed by atoms with Gasteiger partial charge < -0.3 is 0 Å². The number of hydrogen-bond acceptors (Lipinski definition) is 2. The number of aryl methyl sites for hydroxylation is 1. The minimum Gasteiger partial charge on any atom is -0.289 e. The van der Waals surface area contributed by atoms with Crippen LogP contribution in [0.1, 0.15) is 16.0 Å². The topological polar surface area (TPSA) is 17.1 Å². The van der Waals surface area contributed by atoms with Gasteiger partial charge >= 0.3 is 0 Å². The van der Waals surface area contributed by atoms with Gasteiger partial charge in [0.05, 0.1) is 3.79 Å². The Morgan fingerprint density at radius 2 is 1.73 bits per heavy atom. The molecule has 0 aromatic carbocycles. The van der Waals surface area contributed by atoms with Gasteiger partial charge in [0.1, 0.15) is 0 Å². The minimum absolute atomic E-state index is 0.160. The maximum atomic E-state index is 11.4. The Hall–Kier alpha value is -0.150. The highest BCUT2D eigenvalue weighted by Crippen LogP contribution is 2.22. The molecule has 0 N–H and O–H groups in total. The van der Waals surface area contributed by atoms with E-state index in [2.05, 4.69) is 15.9 Å². The Morgan fingerprint density at radius 1 is 1.18 bits per heavy atom. The molecule has 0 radical (unpaired) electrons. The van der Waals surface area contributed by atoms with Crippen LogP contribution >= 0.6 is 27.3 Å². The molecule has 0 fully saturated rings. The summed E-state index contributed by atoms with van der Waals surface area (Å²) in [6.07, 6.45) is 0. The lowest BCUT2D eigenvalue weighted by atomic mass is 10.2. The summed E-state index contributed by atoms with van der Waals surface area (Å²) in [6.45, 7) is 5.68. The lowest BCUT2D eigenvalue weighted by molar-refractivity contribution is 1.29. The van der Waals surface area contributed by atoms with E-state index in [-0.39, 0.29) is 5.43 Å². The highest BCUT2D eigenvalue weighted by Gasteiger charge is 2.05. The standard InChI is InChI=1S/C8H9BrOS/c1-4-6(3)11-8(9)5(2)7(4)10/h1-3H3. The van der Waals surface area contributed by atoms with Gasteiger partial charge in [-0.3, -0.25) is 4.79 Å². The summed E-state index contributed by atoms with van der Waals surface area (Å²) in [5, 5.41) is 0. The Balaban J connectivity index is 3.59. The van der Waals surface area contributed by atoms with Crippen LogP contribution in [0.25, 0.3) is 0 Å². The third-order valence-electron chi connectivity index (χ3n) is 1.75. The van der Waals surface area contributed by atoms with Crippen LogP contribution in [0.15, 0.2) is 8.58 Å². The predicted molar refractivity (Wildman–Crippen MR) is 52.5 cm³/mol. The second-order valence-corrected chi connectivity index (χ2v) is 5.05. The van der Waals surface area contributed by atoms with Crippen LogP contribution < -0.4 is 5.43 Å². The van der Waals surface area contributed by atoms with Crippen molar-refractivity contribution in [1.29, 1.82) is 0 Å². The van der Waals surface area contributed by atoms with Gasteiger partial charge in [-0.05, 0) is 36.7 Å². The quantitative estimate of drug-likeness (QED) is 0.673. The van der Waals surface area contributed by atoms with Crippen molar-refractivity contribution in [1.82, 2.24) is 0 Å². The minimum atomic E-state index is 0.160. The SMILES string of the molecule is Cc1sc(Br)c(C)c(=O)c1C. The van der Waals surface area contributed by atoms with Crippen molar-refractivity contribution in [2.24, 2.45) is 0 Å². The van der Waals surface area contributed by atoms with Gasteiger partial charge in [0.25, 0.3) is 0 Å². The van der Waals surface area contributed by atoms with E-state index >= 15 is 0 Å². The molecule has 0 bridgehead atoms. The van der Waals surface area contributed by atoms with Crippen molar-refractivity contribution < 1.29 is 0 Å². The number of hydrogen-bond donors (Lipinski definition) is 0. The third kappa shape index (κ3) is 1.54. The lowest BCUT2D eigenvalue weighted by Crippen LogP contribution is -2.09. The second-order valence-electron chi connectivity index (χ2n) is 2.51. The van der Waals surface area contributed by atoms with Gasteiger partial charge in [-0.15, -0.1) is 11.3 Å². The average Bonchev–Trinajstić information content (AvgIpc) is 1.97. The van der Waals surface area contributed by atoms with E-state index in [0.29, 0.717) is 0 Å². The van der Waals surface area contributed by atoms with Crippen molar-refractivity contribution in [3.63, 3.8) is 0 Å². The monoisotopic (exact) mass is 232 g/mol. The third-order valence-corrected chi connectivity index (χ3v) is 3.92. The van der Waals surface area contributed by atoms with Crippen molar-refractivity contribution in [3.05, 3.63) is 30.0 Å². The summed E-state index contributed by atoms with van der Waals surface area (Å²) in [6, 6.07) is 0. The molecule has 1 heterocycles. The zero-order chi connectivity index (χ0) is 8.59. The maximum absolute atomic E-state index is 11.4. The van der Waals surface area contributed by atoms with Gasteiger partial charge in [0.15, 0.2) is 5.43 Å². The molecule has 0 aliphatic heterocycles. The first-order valence-electron chi connectivity index (χ1n) is 3.30. The fourth-order valence-electron chi connectivity index (χ4n) is 0.818. The van der Waals surface area contributed by atoms with E-state index in [1.165, 1.54) is 0 Å². The molecule has 11 heavy (non-hydrogen) atoms. The fourth-order valence-corrected chi connectivity index (χ4v) is 2.49. The van der Waals surface area contributed by atoms with Crippen LogP contribution in [0.3, 0.4) is 0 Å². The van der Waals surface area contributed by atoms with Crippen LogP contribution in [0, 0.1) is 20.8 Å². The molecule has 0 aliphatic rings. The molecule has 0 unspecified atom stereocenters. The summed E-state index contributed by atoms with van der Waals surface area (Å²) in [5.41, 5.74) is 1.85. The molecule has 60 valence electrons. The van der Waals surface area contributed by atoms with Crippen molar-refractivity contribution in [2.45, 2.75) is 20.8 Å². The van der Waals surface area contributed by atoms with Gasteiger partial charge in [0, 0.05) is 16.0 Å². The second kappa shape index (κ2) is 3.07. The molecule has 0 amide bonds. The normalized spacial score (nSPS) is 10.2. The first-order valence-corrected chi connectivity index (χ1v) is 4.91. The van der Waals surface area contributed by atoms with Crippen LogP contribution in [0.5, 0.6) is 0 Å². The Labute approximate surface area is 78.2 Å². The van der Waals surface area contributed by atoms with Crippen LogP contribution in [0.2, 0.25) is 0 Å². The molecule has 3 heteroatoms. The average molecular weight is 233 g/mol.